The van der Waals surface area contributed by atoms with E-state index in [1.807, 2.05) is 0 Å². The van der Waals surface area contributed by atoms with Gasteiger partial charge in [-0.2, -0.15) is 0 Å². The van der Waals surface area contributed by atoms with Crippen molar-refractivity contribution in [3.8, 4) is 0 Å². The molecule has 0 N–H and O–H groups in total. The first-order valence-electron chi connectivity index (χ1n) is 5.82. The summed E-state index contributed by atoms with van der Waals surface area (Å²) in [6.45, 7) is 6.47. The Hall–Kier alpha value is -1.11. The van der Waals surface area contributed by atoms with Gasteiger partial charge in [0.15, 0.2) is 0 Å². The monoisotopic (exact) mass is 201 g/mol. The van der Waals surface area contributed by atoms with Crippen molar-refractivity contribution in [1.82, 2.24) is 4.98 Å². The largest absolute Gasteiger partial charge is 0.261 e. The van der Waals surface area contributed by atoms with Gasteiger partial charge in [-0.1, -0.05) is 6.08 Å². The van der Waals surface area contributed by atoms with E-state index >= 15 is 0 Å². The van der Waals surface area contributed by atoms with Gasteiger partial charge in [0.05, 0.1) is 0 Å². The van der Waals surface area contributed by atoms with Crippen LogP contribution in [-0.4, -0.2) is 4.98 Å². The molecule has 0 aliphatic heterocycles. The maximum Gasteiger partial charge on any atom is 0.0404 e. The zero-order valence-corrected chi connectivity index (χ0v) is 9.93. The van der Waals surface area contributed by atoms with Crippen molar-refractivity contribution in [3.05, 3.63) is 34.7 Å². The molecule has 15 heavy (non-hydrogen) atoms. The number of nitrogens with zero attached hydrogens (tertiary/aromatic N) is 1. The molecule has 0 saturated carbocycles. The van der Waals surface area contributed by atoms with Gasteiger partial charge in [-0.25, -0.2) is 0 Å². The van der Waals surface area contributed by atoms with Crippen LogP contribution in [0.5, 0.6) is 0 Å². The van der Waals surface area contributed by atoms with Gasteiger partial charge < -0.3 is 0 Å². The summed E-state index contributed by atoms with van der Waals surface area (Å²) in [5, 5.41) is 0. The predicted molar refractivity (Wildman–Crippen MR) is 64.9 cm³/mol. The van der Waals surface area contributed by atoms with Gasteiger partial charge >= 0.3 is 0 Å². The Balaban J connectivity index is 2.44. The van der Waals surface area contributed by atoms with Crippen LogP contribution < -0.4 is 0 Å². The van der Waals surface area contributed by atoms with E-state index in [0.29, 0.717) is 0 Å². The van der Waals surface area contributed by atoms with Gasteiger partial charge in [-0.3, -0.25) is 4.98 Å². The molecule has 2 rings (SSSR count). The minimum atomic E-state index is 1.16. The van der Waals surface area contributed by atoms with Crippen LogP contribution in [0, 0.1) is 20.8 Å². The Morgan fingerprint density at radius 3 is 2.53 bits per heavy atom. The molecule has 0 bridgehead atoms. The lowest BCUT2D eigenvalue weighted by molar-refractivity contribution is 0.741. The third-order valence-electron chi connectivity index (χ3n) is 3.53. The first kappa shape index (κ1) is 10.4. The van der Waals surface area contributed by atoms with Crippen molar-refractivity contribution < 1.29 is 0 Å². The smallest absolute Gasteiger partial charge is 0.0404 e. The molecule has 1 nitrogen and oxygen atoms in total. The van der Waals surface area contributed by atoms with Crippen LogP contribution in [0.25, 0.3) is 5.57 Å². The van der Waals surface area contributed by atoms with E-state index < -0.39 is 0 Å². The fraction of sp³-hybridized carbons (Fsp3) is 0.500. The second kappa shape index (κ2) is 4.18. The number of pyridine rings is 1. The summed E-state index contributed by atoms with van der Waals surface area (Å²) >= 11 is 0. The maximum atomic E-state index is 4.47. The molecule has 0 atom stereocenters. The average Bonchev–Trinajstić information content (AvgIpc) is 2.27. The normalized spacial score (nSPS) is 16.3. The molecule has 1 aromatic rings. The van der Waals surface area contributed by atoms with Gasteiger partial charge in [-0.05, 0) is 68.7 Å². The zero-order valence-electron chi connectivity index (χ0n) is 9.93. The van der Waals surface area contributed by atoms with Crippen LogP contribution in [0.2, 0.25) is 0 Å². The summed E-state index contributed by atoms with van der Waals surface area (Å²) < 4.78 is 0. The van der Waals surface area contributed by atoms with Gasteiger partial charge in [-0.15, -0.1) is 0 Å². The predicted octanol–water partition coefficient (Wildman–Crippen LogP) is 3.96. The van der Waals surface area contributed by atoms with Crippen LogP contribution in [-0.2, 0) is 0 Å². The highest BCUT2D eigenvalue weighted by Crippen LogP contribution is 2.29. The van der Waals surface area contributed by atoms with Crippen molar-refractivity contribution in [2.45, 2.75) is 46.5 Å². The van der Waals surface area contributed by atoms with Crippen LogP contribution in [0.1, 0.15) is 48.1 Å². The summed E-state index contributed by atoms with van der Waals surface area (Å²) in [4.78, 5) is 4.47. The summed E-state index contributed by atoms with van der Waals surface area (Å²) in [6.07, 6.45) is 9.59. The molecular weight excluding hydrogens is 182 g/mol. The van der Waals surface area contributed by atoms with Crippen LogP contribution in [0.4, 0.5) is 0 Å². The lowest BCUT2D eigenvalue weighted by Crippen LogP contribution is -1.99. The Bertz CT molecular complexity index is 402. The Morgan fingerprint density at radius 2 is 1.87 bits per heavy atom. The van der Waals surface area contributed by atoms with E-state index in [0.717, 1.165) is 5.69 Å². The quantitative estimate of drug-likeness (QED) is 0.670. The third-order valence-corrected chi connectivity index (χ3v) is 3.53. The molecule has 1 aliphatic carbocycles. The fourth-order valence-electron chi connectivity index (χ4n) is 2.23. The topological polar surface area (TPSA) is 12.9 Å². The van der Waals surface area contributed by atoms with Crippen molar-refractivity contribution in [2.75, 3.05) is 0 Å². The van der Waals surface area contributed by atoms with E-state index in [2.05, 4.69) is 38.0 Å². The molecule has 0 radical (unpaired) electrons. The SMILES string of the molecule is Cc1ncc(C2=CCCCC2)c(C)c1C. The molecule has 80 valence electrons. The summed E-state index contributed by atoms with van der Waals surface area (Å²) in [5.41, 5.74) is 6.80. The second-order valence-corrected chi connectivity index (χ2v) is 4.48. The standard InChI is InChI=1S/C14H19N/c1-10-11(2)14(9-15-12(10)3)13-7-5-4-6-8-13/h7,9H,4-6,8H2,1-3H3. The van der Waals surface area contributed by atoms with E-state index in [9.17, 15) is 0 Å². The fourth-order valence-corrected chi connectivity index (χ4v) is 2.23. The van der Waals surface area contributed by atoms with Crippen molar-refractivity contribution in [2.24, 2.45) is 0 Å². The van der Waals surface area contributed by atoms with Gasteiger partial charge in [0.1, 0.15) is 0 Å². The minimum Gasteiger partial charge on any atom is -0.261 e. The molecule has 1 heteroatoms. The molecule has 0 unspecified atom stereocenters. The Labute approximate surface area is 92.2 Å². The zero-order chi connectivity index (χ0) is 10.8. The van der Waals surface area contributed by atoms with E-state index in [1.54, 1.807) is 0 Å². The summed E-state index contributed by atoms with van der Waals surface area (Å²) in [5.74, 6) is 0. The summed E-state index contributed by atoms with van der Waals surface area (Å²) in [7, 11) is 0. The van der Waals surface area contributed by atoms with Gasteiger partial charge in [0.25, 0.3) is 0 Å². The maximum absolute atomic E-state index is 4.47. The van der Waals surface area contributed by atoms with Crippen molar-refractivity contribution >= 4 is 5.57 Å². The lowest BCUT2D eigenvalue weighted by Gasteiger charge is -2.16. The number of hydrogen-bond acceptors (Lipinski definition) is 1. The van der Waals surface area contributed by atoms with Gasteiger partial charge in [0, 0.05) is 11.9 Å². The van der Waals surface area contributed by atoms with Crippen LogP contribution in [0.3, 0.4) is 0 Å². The third kappa shape index (κ3) is 1.97. The van der Waals surface area contributed by atoms with Crippen molar-refractivity contribution in [3.63, 3.8) is 0 Å². The highest BCUT2D eigenvalue weighted by atomic mass is 14.7. The molecular formula is C14H19N. The Kier molecular flexibility index (Phi) is 2.90. The highest BCUT2D eigenvalue weighted by Gasteiger charge is 2.11. The second-order valence-electron chi connectivity index (χ2n) is 4.48. The number of aromatic nitrogens is 1. The number of allylic oxidation sites excluding steroid dienone is 2. The van der Waals surface area contributed by atoms with Gasteiger partial charge in [0.2, 0.25) is 0 Å². The molecule has 1 aromatic heterocycles. The first-order valence-corrected chi connectivity index (χ1v) is 5.82. The molecule has 0 fully saturated rings. The minimum absolute atomic E-state index is 1.16. The highest BCUT2D eigenvalue weighted by molar-refractivity contribution is 5.69. The molecule has 0 saturated heterocycles. The number of rotatable bonds is 1. The average molecular weight is 201 g/mol. The van der Waals surface area contributed by atoms with E-state index in [1.165, 1.54) is 47.9 Å². The molecule has 0 amide bonds. The summed E-state index contributed by atoms with van der Waals surface area (Å²) in [6, 6.07) is 0. The van der Waals surface area contributed by atoms with Crippen LogP contribution in [0.15, 0.2) is 12.3 Å². The van der Waals surface area contributed by atoms with E-state index in [-0.39, 0.29) is 0 Å². The number of aryl methyl sites for hydroxylation is 1. The molecule has 0 spiro atoms. The molecule has 1 aliphatic rings. The first-order chi connectivity index (χ1) is 7.20. The Morgan fingerprint density at radius 1 is 1.07 bits per heavy atom. The number of hydrogen-bond donors (Lipinski definition) is 0. The molecule has 0 aromatic carbocycles. The van der Waals surface area contributed by atoms with E-state index in [4.69, 9.17) is 0 Å². The molecule has 1 heterocycles. The lowest BCUT2D eigenvalue weighted by atomic mass is 9.90. The van der Waals surface area contributed by atoms with Crippen LogP contribution >= 0.6 is 0 Å². The van der Waals surface area contributed by atoms with Crippen molar-refractivity contribution in [1.29, 1.82) is 0 Å².